The van der Waals surface area contributed by atoms with Crippen molar-refractivity contribution in [1.29, 1.82) is 0 Å². The van der Waals surface area contributed by atoms with Crippen molar-refractivity contribution in [1.82, 2.24) is 4.90 Å². The van der Waals surface area contributed by atoms with E-state index in [1.165, 1.54) is 0 Å². The van der Waals surface area contributed by atoms with Gasteiger partial charge in [-0.2, -0.15) is 0 Å². The number of rotatable bonds is 3. The predicted molar refractivity (Wildman–Crippen MR) is 51.3 cm³/mol. The maximum Gasteiger partial charge on any atom is 0.223 e. The van der Waals surface area contributed by atoms with E-state index in [1.807, 2.05) is 18.7 Å². The van der Waals surface area contributed by atoms with Crippen LogP contribution in [0.4, 0.5) is 0 Å². The van der Waals surface area contributed by atoms with E-state index in [9.17, 15) is 4.79 Å². The lowest BCUT2D eigenvalue weighted by atomic mass is 10.1. The number of likely N-dealkylation sites (tertiary alicyclic amines) is 1. The van der Waals surface area contributed by atoms with Gasteiger partial charge in [0, 0.05) is 13.0 Å². The summed E-state index contributed by atoms with van der Waals surface area (Å²) in [7, 11) is 0. The lowest BCUT2D eigenvalue weighted by Crippen LogP contribution is -2.38. The summed E-state index contributed by atoms with van der Waals surface area (Å²) in [6.45, 7) is 5.03. The predicted octanol–water partition coefficient (Wildman–Crippen LogP) is 1.02. The Balaban J connectivity index is 2.45. The maximum atomic E-state index is 11.6. The van der Waals surface area contributed by atoms with Gasteiger partial charge in [0.05, 0.1) is 12.6 Å². The van der Waals surface area contributed by atoms with E-state index in [2.05, 4.69) is 0 Å². The lowest BCUT2D eigenvalue weighted by molar-refractivity contribution is -0.133. The monoisotopic (exact) mass is 185 g/mol. The van der Waals surface area contributed by atoms with Crippen LogP contribution in [0, 0.1) is 5.92 Å². The van der Waals surface area contributed by atoms with Crippen molar-refractivity contribution in [2.75, 3.05) is 13.2 Å². The van der Waals surface area contributed by atoms with Crippen LogP contribution in [0.5, 0.6) is 0 Å². The summed E-state index contributed by atoms with van der Waals surface area (Å²) < 4.78 is 0. The number of aliphatic hydroxyl groups is 1. The average molecular weight is 185 g/mol. The number of carbonyl (C=O) groups excluding carboxylic acids is 1. The Morgan fingerprint density at radius 1 is 1.62 bits per heavy atom. The molecular weight excluding hydrogens is 166 g/mol. The summed E-state index contributed by atoms with van der Waals surface area (Å²) in [4.78, 5) is 13.5. The van der Waals surface area contributed by atoms with Gasteiger partial charge in [-0.15, -0.1) is 0 Å². The molecule has 1 rings (SSSR count). The number of nitrogens with zero attached hydrogens (tertiary/aromatic N) is 1. The lowest BCUT2D eigenvalue weighted by Gasteiger charge is -2.23. The second-order valence-corrected chi connectivity index (χ2v) is 4.16. The zero-order chi connectivity index (χ0) is 9.84. The zero-order valence-corrected chi connectivity index (χ0v) is 8.49. The molecule has 1 fully saturated rings. The van der Waals surface area contributed by atoms with Crippen LogP contribution in [0.1, 0.15) is 33.1 Å². The van der Waals surface area contributed by atoms with E-state index in [4.69, 9.17) is 5.11 Å². The van der Waals surface area contributed by atoms with Gasteiger partial charge in [0.1, 0.15) is 0 Å². The fourth-order valence-corrected chi connectivity index (χ4v) is 1.82. The molecule has 0 saturated carbocycles. The molecule has 3 nitrogen and oxygen atoms in total. The van der Waals surface area contributed by atoms with Crippen molar-refractivity contribution in [3.63, 3.8) is 0 Å². The summed E-state index contributed by atoms with van der Waals surface area (Å²) >= 11 is 0. The van der Waals surface area contributed by atoms with Crippen molar-refractivity contribution >= 4 is 5.91 Å². The van der Waals surface area contributed by atoms with E-state index in [0.717, 1.165) is 19.4 Å². The quantitative estimate of drug-likeness (QED) is 0.713. The van der Waals surface area contributed by atoms with Crippen molar-refractivity contribution in [2.24, 2.45) is 5.92 Å². The van der Waals surface area contributed by atoms with Crippen LogP contribution in [0.25, 0.3) is 0 Å². The first-order valence-corrected chi connectivity index (χ1v) is 5.05. The minimum absolute atomic E-state index is 0.0891. The number of hydrogen-bond acceptors (Lipinski definition) is 2. The SMILES string of the molecule is CC(C)CC(=O)N1CCC[C@@H]1CO. The Morgan fingerprint density at radius 3 is 2.85 bits per heavy atom. The third-order valence-corrected chi connectivity index (χ3v) is 2.49. The molecule has 1 N–H and O–H groups in total. The molecule has 13 heavy (non-hydrogen) atoms. The molecule has 0 radical (unpaired) electrons. The molecule has 76 valence electrons. The molecule has 1 aliphatic heterocycles. The molecule has 1 atom stereocenters. The molecule has 1 saturated heterocycles. The van der Waals surface area contributed by atoms with Crippen molar-refractivity contribution in [2.45, 2.75) is 39.2 Å². The van der Waals surface area contributed by atoms with E-state index < -0.39 is 0 Å². The summed E-state index contributed by atoms with van der Waals surface area (Å²) in [5, 5.41) is 9.03. The molecule has 0 aromatic heterocycles. The standard InChI is InChI=1S/C10H19NO2/c1-8(2)6-10(13)11-5-3-4-9(11)7-12/h8-9,12H,3-7H2,1-2H3/t9-/m1/s1. The fourth-order valence-electron chi connectivity index (χ4n) is 1.82. The highest BCUT2D eigenvalue weighted by Gasteiger charge is 2.27. The number of hydrogen-bond donors (Lipinski definition) is 1. The molecule has 0 bridgehead atoms. The van der Waals surface area contributed by atoms with Gasteiger partial charge in [-0.25, -0.2) is 0 Å². The Bertz CT molecular complexity index is 180. The summed E-state index contributed by atoms with van der Waals surface area (Å²) in [5.74, 6) is 0.610. The van der Waals surface area contributed by atoms with Gasteiger partial charge < -0.3 is 10.0 Å². The van der Waals surface area contributed by atoms with Crippen LogP contribution in [0.2, 0.25) is 0 Å². The van der Waals surface area contributed by atoms with Gasteiger partial charge in [0.15, 0.2) is 0 Å². The molecule has 1 heterocycles. The number of aliphatic hydroxyl groups excluding tert-OH is 1. The first kappa shape index (κ1) is 10.5. The molecule has 1 amide bonds. The summed E-state index contributed by atoms with van der Waals surface area (Å²) in [6, 6.07) is 0.0891. The Kier molecular flexibility index (Phi) is 3.72. The zero-order valence-electron chi connectivity index (χ0n) is 8.49. The second kappa shape index (κ2) is 4.61. The third kappa shape index (κ3) is 2.69. The molecule has 0 aromatic rings. The topological polar surface area (TPSA) is 40.5 Å². The van der Waals surface area contributed by atoms with Crippen molar-refractivity contribution in [3.05, 3.63) is 0 Å². The molecule has 1 aliphatic rings. The van der Waals surface area contributed by atoms with Crippen molar-refractivity contribution in [3.8, 4) is 0 Å². The van der Waals surface area contributed by atoms with Crippen LogP contribution < -0.4 is 0 Å². The van der Waals surface area contributed by atoms with Gasteiger partial charge in [-0.1, -0.05) is 13.8 Å². The van der Waals surface area contributed by atoms with Crippen LogP contribution in [0.15, 0.2) is 0 Å². The average Bonchev–Trinajstić information content (AvgIpc) is 2.49. The molecule has 0 aromatic carbocycles. The third-order valence-electron chi connectivity index (χ3n) is 2.49. The Hall–Kier alpha value is -0.570. The maximum absolute atomic E-state index is 11.6. The fraction of sp³-hybridized carbons (Fsp3) is 0.900. The van der Waals surface area contributed by atoms with Gasteiger partial charge in [-0.3, -0.25) is 4.79 Å². The Labute approximate surface area is 79.7 Å². The van der Waals surface area contributed by atoms with E-state index in [0.29, 0.717) is 12.3 Å². The van der Waals surface area contributed by atoms with Gasteiger partial charge in [0.2, 0.25) is 5.91 Å². The number of carbonyl (C=O) groups is 1. The molecule has 0 unspecified atom stereocenters. The minimum Gasteiger partial charge on any atom is -0.394 e. The van der Waals surface area contributed by atoms with Crippen LogP contribution in [-0.4, -0.2) is 35.1 Å². The van der Waals surface area contributed by atoms with Gasteiger partial charge in [0.25, 0.3) is 0 Å². The summed E-state index contributed by atoms with van der Waals surface area (Å²) in [5.41, 5.74) is 0. The van der Waals surface area contributed by atoms with Crippen molar-refractivity contribution < 1.29 is 9.90 Å². The van der Waals surface area contributed by atoms with Crippen LogP contribution in [-0.2, 0) is 4.79 Å². The van der Waals surface area contributed by atoms with E-state index >= 15 is 0 Å². The molecule has 0 aliphatic carbocycles. The minimum atomic E-state index is 0.0891. The van der Waals surface area contributed by atoms with E-state index in [1.54, 1.807) is 0 Å². The van der Waals surface area contributed by atoms with Crippen LogP contribution in [0.3, 0.4) is 0 Å². The smallest absolute Gasteiger partial charge is 0.223 e. The molecular formula is C10H19NO2. The Morgan fingerprint density at radius 2 is 2.31 bits per heavy atom. The summed E-state index contributed by atoms with van der Waals surface area (Å²) in [6.07, 6.45) is 2.60. The largest absolute Gasteiger partial charge is 0.394 e. The van der Waals surface area contributed by atoms with Gasteiger partial charge in [-0.05, 0) is 18.8 Å². The highest BCUT2D eigenvalue weighted by molar-refractivity contribution is 5.77. The highest BCUT2D eigenvalue weighted by atomic mass is 16.3. The molecule has 0 spiro atoms. The first-order chi connectivity index (χ1) is 6.15. The van der Waals surface area contributed by atoms with E-state index in [-0.39, 0.29) is 18.6 Å². The first-order valence-electron chi connectivity index (χ1n) is 5.05. The highest BCUT2D eigenvalue weighted by Crippen LogP contribution is 2.18. The molecule has 3 heteroatoms. The normalized spacial score (nSPS) is 22.8. The van der Waals surface area contributed by atoms with Crippen LogP contribution >= 0.6 is 0 Å². The number of amides is 1. The second-order valence-electron chi connectivity index (χ2n) is 4.16. The van der Waals surface area contributed by atoms with Gasteiger partial charge >= 0.3 is 0 Å².